The molecule has 1 atom stereocenters. The third kappa shape index (κ3) is 8.27. The number of likely N-dealkylation sites (N-methyl/N-ethyl adjacent to an activating group) is 1. The number of nitrogens with zero attached hydrogens (tertiary/aromatic N) is 6. The number of nitrogens with one attached hydrogen (secondary N) is 4. The van der Waals surface area contributed by atoms with Crippen molar-refractivity contribution in [2.24, 2.45) is 0 Å². The lowest BCUT2D eigenvalue weighted by Crippen LogP contribution is -2.45. The topological polar surface area (TPSA) is 144 Å². The van der Waals surface area contributed by atoms with Gasteiger partial charge in [-0.2, -0.15) is 10.1 Å². The number of anilines is 3. The van der Waals surface area contributed by atoms with Crippen molar-refractivity contribution in [2.75, 3.05) is 50.9 Å². The summed E-state index contributed by atoms with van der Waals surface area (Å²) >= 11 is 0. The standard InChI is InChI=1S/C30H40N10O2/c1-5-14-31-27-22(19-34-30(36-27)35-23-18-24-21(2)37-38-28(24)33-20-23)11-7-6-8-15-32-29(42)25-12-9-17-40(25)26(41)13-10-16-39(3)4/h10,13,18-20,25H,5-6,8-9,12,14-17H2,1-4H3,(H,32,42)(H,33,37,38)(H2,31,34,35,36). The van der Waals surface area contributed by atoms with E-state index in [9.17, 15) is 9.59 Å². The van der Waals surface area contributed by atoms with Crippen LogP contribution in [0.1, 0.15) is 50.3 Å². The molecule has 1 saturated heterocycles. The summed E-state index contributed by atoms with van der Waals surface area (Å²) in [7, 11) is 3.89. The highest BCUT2D eigenvalue weighted by Crippen LogP contribution is 2.21. The first-order chi connectivity index (χ1) is 20.4. The molecule has 1 unspecified atom stereocenters. The van der Waals surface area contributed by atoms with Gasteiger partial charge < -0.3 is 25.8 Å². The number of hydrogen-bond donors (Lipinski definition) is 4. The Kier molecular flexibility index (Phi) is 10.8. The van der Waals surface area contributed by atoms with E-state index in [4.69, 9.17) is 0 Å². The maximum atomic E-state index is 12.8. The van der Waals surface area contributed by atoms with E-state index in [0.717, 1.165) is 36.2 Å². The molecule has 0 aliphatic carbocycles. The van der Waals surface area contributed by atoms with E-state index in [-0.39, 0.29) is 11.8 Å². The molecule has 4 rings (SSSR count). The lowest BCUT2D eigenvalue weighted by molar-refractivity contribution is -0.135. The van der Waals surface area contributed by atoms with Gasteiger partial charge in [0.2, 0.25) is 17.8 Å². The summed E-state index contributed by atoms with van der Waals surface area (Å²) in [5.41, 5.74) is 3.07. The Morgan fingerprint density at radius 3 is 2.90 bits per heavy atom. The smallest absolute Gasteiger partial charge is 0.246 e. The Bertz CT molecular complexity index is 1470. The third-order valence-corrected chi connectivity index (χ3v) is 6.76. The number of aromatic amines is 1. The number of carbonyl (C=O) groups is 2. The minimum Gasteiger partial charge on any atom is -0.369 e. The second-order valence-corrected chi connectivity index (χ2v) is 10.5. The van der Waals surface area contributed by atoms with Crippen LogP contribution >= 0.6 is 0 Å². The average molecular weight is 573 g/mol. The van der Waals surface area contributed by atoms with Crippen molar-refractivity contribution in [3.63, 3.8) is 0 Å². The van der Waals surface area contributed by atoms with Crippen LogP contribution in [-0.4, -0.2) is 93.1 Å². The van der Waals surface area contributed by atoms with Crippen molar-refractivity contribution in [1.82, 2.24) is 40.3 Å². The fourth-order valence-corrected chi connectivity index (χ4v) is 4.56. The number of aromatic nitrogens is 5. The van der Waals surface area contributed by atoms with Crippen molar-refractivity contribution in [3.8, 4) is 11.8 Å². The van der Waals surface area contributed by atoms with Gasteiger partial charge in [0.15, 0.2) is 5.65 Å². The molecule has 12 nitrogen and oxygen atoms in total. The van der Waals surface area contributed by atoms with E-state index in [2.05, 4.69) is 59.9 Å². The number of pyridine rings is 1. The molecule has 4 N–H and O–H groups in total. The highest BCUT2D eigenvalue weighted by molar-refractivity contribution is 5.93. The summed E-state index contributed by atoms with van der Waals surface area (Å²) in [6.07, 6.45) is 10.5. The van der Waals surface area contributed by atoms with Gasteiger partial charge in [-0.1, -0.05) is 24.8 Å². The molecule has 42 heavy (non-hydrogen) atoms. The quantitative estimate of drug-likeness (QED) is 0.146. The molecule has 1 fully saturated rings. The molecule has 1 aliphatic rings. The molecule has 0 saturated carbocycles. The zero-order chi connectivity index (χ0) is 29.9. The van der Waals surface area contributed by atoms with E-state index < -0.39 is 6.04 Å². The van der Waals surface area contributed by atoms with Crippen LogP contribution in [0.5, 0.6) is 0 Å². The fourth-order valence-electron chi connectivity index (χ4n) is 4.56. The summed E-state index contributed by atoms with van der Waals surface area (Å²) in [5.74, 6) is 7.23. The Balaban J connectivity index is 1.29. The summed E-state index contributed by atoms with van der Waals surface area (Å²) in [6, 6.07) is 1.55. The zero-order valence-electron chi connectivity index (χ0n) is 24.8. The molecule has 1 aliphatic heterocycles. The number of carbonyl (C=O) groups excluding carboxylic acids is 2. The van der Waals surface area contributed by atoms with Gasteiger partial charge in [0, 0.05) is 49.8 Å². The van der Waals surface area contributed by atoms with Gasteiger partial charge in [0.05, 0.1) is 23.6 Å². The van der Waals surface area contributed by atoms with Crippen molar-refractivity contribution in [1.29, 1.82) is 0 Å². The second kappa shape index (κ2) is 14.9. The van der Waals surface area contributed by atoms with E-state index in [1.807, 2.05) is 38.1 Å². The van der Waals surface area contributed by atoms with Crippen LogP contribution in [0.4, 0.5) is 17.5 Å². The number of likely N-dealkylation sites (tertiary alicyclic amines) is 1. The van der Waals surface area contributed by atoms with Gasteiger partial charge >= 0.3 is 0 Å². The molecule has 3 aromatic heterocycles. The van der Waals surface area contributed by atoms with Crippen LogP contribution in [0.3, 0.4) is 0 Å². The maximum Gasteiger partial charge on any atom is 0.246 e. The van der Waals surface area contributed by atoms with Gasteiger partial charge in [0.1, 0.15) is 11.9 Å². The number of rotatable bonds is 12. The number of H-pyrrole nitrogens is 1. The predicted molar refractivity (Wildman–Crippen MR) is 164 cm³/mol. The van der Waals surface area contributed by atoms with E-state index in [1.165, 1.54) is 0 Å². The number of fused-ring (bicyclic) bond motifs is 1. The molecular weight excluding hydrogens is 532 g/mol. The van der Waals surface area contributed by atoms with Gasteiger partial charge in [-0.3, -0.25) is 14.7 Å². The summed E-state index contributed by atoms with van der Waals surface area (Å²) in [5, 5.41) is 17.6. The number of aryl methyl sites for hydroxylation is 1. The molecule has 3 aromatic rings. The molecule has 4 heterocycles. The Morgan fingerprint density at radius 1 is 1.24 bits per heavy atom. The monoisotopic (exact) mass is 572 g/mol. The molecule has 222 valence electrons. The molecule has 0 bridgehead atoms. The first-order valence-corrected chi connectivity index (χ1v) is 14.4. The normalized spacial score (nSPS) is 14.8. The van der Waals surface area contributed by atoms with Gasteiger partial charge in [0.25, 0.3) is 0 Å². The van der Waals surface area contributed by atoms with E-state index in [1.54, 1.807) is 23.4 Å². The molecule has 0 aromatic carbocycles. The summed E-state index contributed by atoms with van der Waals surface area (Å²) in [4.78, 5) is 42.4. The van der Waals surface area contributed by atoms with Crippen LogP contribution in [0, 0.1) is 18.8 Å². The highest BCUT2D eigenvalue weighted by Gasteiger charge is 2.32. The SMILES string of the molecule is CCCNc1nc(Nc2cnc3n[nH]c(C)c3c2)ncc1C#CCCCNC(=O)C1CCCN1C(=O)C=CCN(C)C. The van der Waals surface area contributed by atoms with Crippen LogP contribution in [-0.2, 0) is 9.59 Å². The third-order valence-electron chi connectivity index (χ3n) is 6.76. The van der Waals surface area contributed by atoms with Crippen molar-refractivity contribution in [3.05, 3.63) is 41.9 Å². The summed E-state index contributed by atoms with van der Waals surface area (Å²) in [6.45, 7) is 6.58. The first kappa shape index (κ1) is 30.5. The van der Waals surface area contributed by atoms with Crippen molar-refractivity contribution in [2.45, 2.75) is 52.0 Å². The molecule has 0 spiro atoms. The number of amides is 2. The molecule has 2 amide bonds. The zero-order valence-corrected chi connectivity index (χ0v) is 24.8. The van der Waals surface area contributed by atoms with Gasteiger partial charge in [-0.25, -0.2) is 9.97 Å². The predicted octanol–water partition coefficient (Wildman–Crippen LogP) is 2.98. The lowest BCUT2D eigenvalue weighted by atomic mass is 10.2. The van der Waals surface area contributed by atoms with Gasteiger partial charge in [-0.15, -0.1) is 0 Å². The molecular formula is C30H40N10O2. The highest BCUT2D eigenvalue weighted by atomic mass is 16.2. The Labute approximate surface area is 246 Å². The van der Waals surface area contributed by atoms with Crippen LogP contribution in [0.15, 0.2) is 30.6 Å². The van der Waals surface area contributed by atoms with Crippen molar-refractivity contribution >= 4 is 40.3 Å². The fraction of sp³-hybridized carbons (Fsp3) is 0.467. The van der Waals surface area contributed by atoms with E-state index in [0.29, 0.717) is 61.9 Å². The average Bonchev–Trinajstić information content (AvgIpc) is 3.61. The molecule has 12 heteroatoms. The summed E-state index contributed by atoms with van der Waals surface area (Å²) < 4.78 is 0. The Hall–Kier alpha value is -4.50. The van der Waals surface area contributed by atoms with Crippen molar-refractivity contribution < 1.29 is 9.59 Å². The minimum atomic E-state index is -0.412. The maximum absolute atomic E-state index is 12.8. The lowest BCUT2D eigenvalue weighted by Gasteiger charge is -2.22. The Morgan fingerprint density at radius 2 is 2.10 bits per heavy atom. The largest absolute Gasteiger partial charge is 0.369 e. The first-order valence-electron chi connectivity index (χ1n) is 14.4. The second-order valence-electron chi connectivity index (χ2n) is 10.5. The minimum absolute atomic E-state index is 0.102. The van der Waals surface area contributed by atoms with Gasteiger partial charge in [-0.05, 0) is 52.8 Å². The van der Waals surface area contributed by atoms with Crippen LogP contribution in [0.25, 0.3) is 11.0 Å². The van der Waals surface area contributed by atoms with Crippen LogP contribution < -0.4 is 16.0 Å². The number of unbranched alkanes of at least 4 members (excludes halogenated alkanes) is 1. The molecule has 0 radical (unpaired) electrons. The van der Waals surface area contributed by atoms with Crippen LogP contribution in [0.2, 0.25) is 0 Å². The number of hydrogen-bond acceptors (Lipinski definition) is 9. The van der Waals surface area contributed by atoms with E-state index >= 15 is 0 Å².